The number of halogens is 4. The Hall–Kier alpha value is -1.85. The molecular formula is C21H26ClF3N2O5S. The van der Waals surface area contributed by atoms with Gasteiger partial charge in [0.2, 0.25) is 10.0 Å². The third-order valence-electron chi connectivity index (χ3n) is 6.02. The highest BCUT2D eigenvalue weighted by Gasteiger charge is 2.37. The molecular weight excluding hydrogens is 485 g/mol. The number of piperidine rings is 2. The molecule has 0 spiro atoms. The molecule has 1 amide bonds. The minimum Gasteiger partial charge on any atom is -0.455 e. The Morgan fingerprint density at radius 1 is 1.15 bits per heavy atom. The SMILES string of the molecule is C[C@@H]1CCCN(C(=O)COC(=O)C2CCN(S(=O)(=O)c3ccc(Cl)c(C(F)(F)F)c3)CC2)C1. The molecule has 1 aromatic rings. The third kappa shape index (κ3) is 6.19. The van der Waals surface area contributed by atoms with Crippen molar-refractivity contribution in [3.8, 4) is 0 Å². The van der Waals surface area contributed by atoms with Crippen LogP contribution in [0.3, 0.4) is 0 Å². The molecule has 2 fully saturated rings. The second-order valence-corrected chi connectivity index (χ2v) is 10.9. The average molecular weight is 511 g/mol. The van der Waals surface area contributed by atoms with Crippen LogP contribution >= 0.6 is 11.6 Å². The van der Waals surface area contributed by atoms with E-state index in [-0.39, 0.29) is 38.4 Å². The second kappa shape index (κ2) is 10.2. The maximum absolute atomic E-state index is 13.1. The van der Waals surface area contributed by atoms with Gasteiger partial charge in [-0.25, -0.2) is 8.42 Å². The number of hydrogen-bond acceptors (Lipinski definition) is 5. The van der Waals surface area contributed by atoms with E-state index in [9.17, 15) is 31.2 Å². The molecule has 0 aliphatic carbocycles. The van der Waals surface area contributed by atoms with Crippen molar-refractivity contribution in [1.82, 2.24) is 9.21 Å². The number of carbonyl (C=O) groups is 2. The predicted octanol–water partition coefficient (Wildman–Crippen LogP) is 3.56. The Kier molecular flexibility index (Phi) is 7.95. The molecule has 0 bridgehead atoms. The number of esters is 1. The van der Waals surface area contributed by atoms with E-state index in [0.29, 0.717) is 25.1 Å². The number of likely N-dealkylation sites (tertiary alicyclic amines) is 1. The van der Waals surface area contributed by atoms with Gasteiger partial charge in [0, 0.05) is 26.2 Å². The van der Waals surface area contributed by atoms with Crippen LogP contribution in [-0.4, -0.2) is 62.3 Å². The van der Waals surface area contributed by atoms with E-state index in [2.05, 4.69) is 6.92 Å². The van der Waals surface area contributed by atoms with Crippen molar-refractivity contribution in [2.75, 3.05) is 32.8 Å². The van der Waals surface area contributed by atoms with Gasteiger partial charge in [0.25, 0.3) is 5.91 Å². The van der Waals surface area contributed by atoms with E-state index in [1.54, 1.807) is 4.90 Å². The van der Waals surface area contributed by atoms with E-state index in [4.69, 9.17) is 16.3 Å². The molecule has 2 aliphatic rings. The second-order valence-electron chi connectivity index (χ2n) is 8.51. The van der Waals surface area contributed by atoms with Crippen LogP contribution < -0.4 is 0 Å². The highest BCUT2D eigenvalue weighted by atomic mass is 35.5. The Morgan fingerprint density at radius 3 is 2.42 bits per heavy atom. The first-order chi connectivity index (χ1) is 15.4. The number of nitrogens with zero attached hydrogens (tertiary/aromatic N) is 2. The molecule has 0 N–H and O–H groups in total. The zero-order valence-corrected chi connectivity index (χ0v) is 19.7. The normalized spacial score (nSPS) is 21.1. The van der Waals surface area contributed by atoms with Crippen molar-refractivity contribution in [2.45, 2.75) is 43.7 Å². The molecule has 12 heteroatoms. The number of alkyl halides is 3. The van der Waals surface area contributed by atoms with Gasteiger partial charge in [0.1, 0.15) is 0 Å². The fraction of sp³-hybridized carbons (Fsp3) is 0.619. The van der Waals surface area contributed by atoms with Gasteiger partial charge in [-0.05, 0) is 49.8 Å². The quantitative estimate of drug-likeness (QED) is 0.566. The van der Waals surface area contributed by atoms with Gasteiger partial charge in [-0.15, -0.1) is 0 Å². The average Bonchev–Trinajstić information content (AvgIpc) is 2.76. The van der Waals surface area contributed by atoms with Gasteiger partial charge >= 0.3 is 12.1 Å². The summed E-state index contributed by atoms with van der Waals surface area (Å²) >= 11 is 5.57. The summed E-state index contributed by atoms with van der Waals surface area (Å²) < 4.78 is 71.1. The largest absolute Gasteiger partial charge is 0.455 e. The fourth-order valence-corrected chi connectivity index (χ4v) is 5.84. The number of rotatable bonds is 5. The zero-order chi connectivity index (χ0) is 24.4. The van der Waals surface area contributed by atoms with E-state index in [1.807, 2.05) is 0 Å². The summed E-state index contributed by atoms with van der Waals surface area (Å²) in [6.45, 7) is 2.87. The minimum atomic E-state index is -4.79. The number of carbonyl (C=O) groups excluding carboxylic acids is 2. The Balaban J connectivity index is 1.55. The van der Waals surface area contributed by atoms with Crippen LogP contribution in [-0.2, 0) is 30.5 Å². The first-order valence-corrected chi connectivity index (χ1v) is 12.5. The lowest BCUT2D eigenvalue weighted by Gasteiger charge is -2.32. The van der Waals surface area contributed by atoms with Crippen molar-refractivity contribution in [3.05, 3.63) is 28.8 Å². The van der Waals surface area contributed by atoms with Gasteiger partial charge in [-0.2, -0.15) is 17.5 Å². The van der Waals surface area contributed by atoms with Crippen molar-refractivity contribution >= 4 is 33.5 Å². The van der Waals surface area contributed by atoms with Crippen LogP contribution in [0.5, 0.6) is 0 Å². The van der Waals surface area contributed by atoms with E-state index >= 15 is 0 Å². The highest BCUT2D eigenvalue weighted by Crippen LogP contribution is 2.36. The molecule has 0 unspecified atom stereocenters. The summed E-state index contributed by atoms with van der Waals surface area (Å²) in [7, 11) is -4.19. The number of hydrogen-bond donors (Lipinski definition) is 0. The summed E-state index contributed by atoms with van der Waals surface area (Å²) in [5, 5.41) is -0.587. The summed E-state index contributed by atoms with van der Waals surface area (Å²) in [4.78, 5) is 25.8. The molecule has 33 heavy (non-hydrogen) atoms. The molecule has 0 radical (unpaired) electrons. The predicted molar refractivity (Wildman–Crippen MR) is 114 cm³/mol. The Labute approximate surface area is 195 Å². The lowest BCUT2D eigenvalue weighted by Crippen LogP contribution is -2.43. The molecule has 1 aromatic carbocycles. The van der Waals surface area contributed by atoms with Crippen molar-refractivity contribution in [3.63, 3.8) is 0 Å². The number of benzene rings is 1. The zero-order valence-electron chi connectivity index (χ0n) is 18.1. The molecule has 3 rings (SSSR count). The van der Waals surface area contributed by atoms with Crippen molar-refractivity contribution in [1.29, 1.82) is 0 Å². The van der Waals surface area contributed by atoms with Gasteiger partial charge in [-0.1, -0.05) is 18.5 Å². The summed E-state index contributed by atoms with van der Waals surface area (Å²) in [6, 6.07) is 2.45. The number of sulfonamides is 1. The third-order valence-corrected chi connectivity index (χ3v) is 8.24. The molecule has 1 atom stereocenters. The molecule has 2 saturated heterocycles. The van der Waals surface area contributed by atoms with Crippen LogP contribution in [0.4, 0.5) is 13.2 Å². The molecule has 184 valence electrons. The fourth-order valence-electron chi connectivity index (χ4n) is 4.12. The lowest BCUT2D eigenvalue weighted by molar-refractivity contribution is -0.157. The van der Waals surface area contributed by atoms with Gasteiger partial charge < -0.3 is 9.64 Å². The first-order valence-electron chi connectivity index (χ1n) is 10.7. The number of ether oxygens (including phenoxy) is 1. The highest BCUT2D eigenvalue weighted by molar-refractivity contribution is 7.89. The maximum Gasteiger partial charge on any atom is 0.417 e. The smallest absolute Gasteiger partial charge is 0.417 e. The van der Waals surface area contributed by atoms with Gasteiger partial charge in [0.15, 0.2) is 6.61 Å². The summed E-state index contributed by atoms with van der Waals surface area (Å²) in [5.41, 5.74) is -1.23. The number of amides is 1. The van der Waals surface area contributed by atoms with Crippen LogP contribution in [0.1, 0.15) is 38.2 Å². The van der Waals surface area contributed by atoms with Crippen LogP contribution in [0.15, 0.2) is 23.1 Å². The van der Waals surface area contributed by atoms with E-state index in [1.165, 1.54) is 0 Å². The standard InChI is InChI=1S/C21H26ClF3N2O5S/c1-14-3-2-8-26(12-14)19(28)13-32-20(29)15-6-9-27(10-7-15)33(30,31)16-4-5-18(22)17(11-16)21(23,24)25/h4-5,11,14-15H,2-3,6-10,12-13H2,1H3/t14-/m1/s1. The molecule has 0 saturated carbocycles. The maximum atomic E-state index is 13.1. The summed E-state index contributed by atoms with van der Waals surface area (Å²) in [6.07, 6.45) is -2.53. The monoisotopic (exact) mass is 510 g/mol. The first kappa shape index (κ1) is 25.8. The topological polar surface area (TPSA) is 84.0 Å². The molecule has 0 aromatic heterocycles. The molecule has 7 nitrogen and oxygen atoms in total. The molecule has 2 aliphatic heterocycles. The van der Waals surface area contributed by atoms with E-state index < -0.39 is 43.6 Å². The molecule has 2 heterocycles. The van der Waals surface area contributed by atoms with Gasteiger partial charge in [0.05, 0.1) is 21.4 Å². The summed E-state index contributed by atoms with van der Waals surface area (Å²) in [5.74, 6) is -1.01. The van der Waals surface area contributed by atoms with Crippen LogP contribution in [0, 0.1) is 11.8 Å². The van der Waals surface area contributed by atoms with E-state index in [0.717, 1.165) is 29.3 Å². The van der Waals surface area contributed by atoms with Gasteiger partial charge in [-0.3, -0.25) is 9.59 Å². The minimum absolute atomic E-state index is 0.0519. The van der Waals surface area contributed by atoms with Crippen molar-refractivity contribution < 1.29 is 35.9 Å². The van der Waals surface area contributed by atoms with Crippen LogP contribution in [0.2, 0.25) is 5.02 Å². The Morgan fingerprint density at radius 2 is 1.82 bits per heavy atom. The lowest BCUT2D eigenvalue weighted by atomic mass is 9.98. The van der Waals surface area contributed by atoms with Crippen molar-refractivity contribution in [2.24, 2.45) is 11.8 Å². The van der Waals surface area contributed by atoms with Crippen LogP contribution in [0.25, 0.3) is 0 Å². The Bertz CT molecular complexity index is 994.